The van der Waals surface area contributed by atoms with Gasteiger partial charge in [-0.05, 0) is 38.1 Å². The minimum absolute atomic E-state index is 0.0519. The molecule has 160 valence electrons. The molecule has 0 aliphatic carbocycles. The summed E-state index contributed by atoms with van der Waals surface area (Å²) in [5, 5.41) is 4.08. The van der Waals surface area contributed by atoms with Crippen LogP contribution in [0.2, 0.25) is 0 Å². The van der Waals surface area contributed by atoms with Gasteiger partial charge in [0.05, 0.1) is 29.2 Å². The smallest absolute Gasteiger partial charge is 0.243 e. The predicted octanol–water partition coefficient (Wildman–Crippen LogP) is 1.04. The summed E-state index contributed by atoms with van der Waals surface area (Å²) in [4.78, 5) is 0.123. The number of sulfonamides is 2. The lowest BCUT2D eigenvalue weighted by molar-refractivity contribution is 0.0730. The number of benzene rings is 1. The molecule has 0 N–H and O–H groups in total. The van der Waals surface area contributed by atoms with Crippen LogP contribution >= 0.6 is 0 Å². The molecule has 1 aliphatic rings. The number of aryl methyl sites for hydroxylation is 1. The van der Waals surface area contributed by atoms with Crippen LogP contribution in [0.25, 0.3) is 0 Å². The molecule has 0 spiro atoms. The Morgan fingerprint density at radius 1 is 1.07 bits per heavy atom. The topological polar surface area (TPSA) is 102 Å². The molecule has 3 rings (SSSR count). The third-order valence-corrected chi connectivity index (χ3v) is 8.66. The third-order valence-electron chi connectivity index (χ3n) is 4.71. The van der Waals surface area contributed by atoms with E-state index in [0.717, 1.165) is 5.56 Å². The molecular formula is C18H26N4O5S2. The van der Waals surface area contributed by atoms with Gasteiger partial charge in [-0.15, -0.1) is 0 Å². The number of ether oxygens (including phenoxy) is 1. The number of hydrogen-bond acceptors (Lipinski definition) is 6. The Morgan fingerprint density at radius 3 is 2.17 bits per heavy atom. The van der Waals surface area contributed by atoms with E-state index in [4.69, 9.17) is 4.74 Å². The van der Waals surface area contributed by atoms with Gasteiger partial charge in [0.25, 0.3) is 0 Å². The molecule has 2 heterocycles. The average molecular weight is 443 g/mol. The first-order valence-corrected chi connectivity index (χ1v) is 12.2. The van der Waals surface area contributed by atoms with Crippen molar-refractivity contribution in [1.82, 2.24) is 18.4 Å². The first kappa shape index (κ1) is 21.9. The van der Waals surface area contributed by atoms with Crippen LogP contribution < -0.4 is 0 Å². The van der Waals surface area contributed by atoms with Gasteiger partial charge in [-0.2, -0.15) is 13.7 Å². The van der Waals surface area contributed by atoms with Crippen LogP contribution in [-0.4, -0.2) is 67.6 Å². The van der Waals surface area contributed by atoms with E-state index >= 15 is 0 Å². The third kappa shape index (κ3) is 4.69. The normalized spacial score (nSPS) is 16.6. The highest BCUT2D eigenvalue weighted by molar-refractivity contribution is 7.89. The Bertz CT molecular complexity index is 1040. The van der Waals surface area contributed by atoms with Crippen molar-refractivity contribution in [1.29, 1.82) is 0 Å². The summed E-state index contributed by atoms with van der Waals surface area (Å²) >= 11 is 0. The largest absolute Gasteiger partial charge is 0.379 e. The molecule has 0 bridgehead atoms. The second-order valence-corrected chi connectivity index (χ2v) is 11.0. The quantitative estimate of drug-likeness (QED) is 0.635. The second-order valence-electron chi connectivity index (χ2n) is 7.15. The summed E-state index contributed by atoms with van der Waals surface area (Å²) in [6.07, 6.45) is 3.39. The maximum Gasteiger partial charge on any atom is 0.243 e. The van der Waals surface area contributed by atoms with Crippen LogP contribution in [0.15, 0.2) is 46.5 Å². The van der Waals surface area contributed by atoms with Crippen molar-refractivity contribution >= 4 is 20.0 Å². The highest BCUT2D eigenvalue weighted by Crippen LogP contribution is 2.24. The molecule has 1 saturated heterocycles. The van der Waals surface area contributed by atoms with Gasteiger partial charge in [0.1, 0.15) is 0 Å². The fourth-order valence-corrected chi connectivity index (χ4v) is 6.17. The number of nitrogens with zero attached hydrogens (tertiary/aromatic N) is 4. The van der Waals surface area contributed by atoms with Crippen molar-refractivity contribution in [2.75, 3.05) is 26.3 Å². The highest BCUT2D eigenvalue weighted by Gasteiger charge is 2.30. The Morgan fingerprint density at radius 2 is 1.66 bits per heavy atom. The zero-order valence-corrected chi connectivity index (χ0v) is 18.4. The van der Waals surface area contributed by atoms with Crippen molar-refractivity contribution in [2.45, 2.75) is 36.2 Å². The van der Waals surface area contributed by atoms with Crippen LogP contribution in [0.3, 0.4) is 0 Å². The summed E-state index contributed by atoms with van der Waals surface area (Å²) in [5.41, 5.74) is 0.774. The van der Waals surface area contributed by atoms with Crippen molar-refractivity contribution < 1.29 is 21.6 Å². The molecular weight excluding hydrogens is 416 g/mol. The van der Waals surface area contributed by atoms with E-state index < -0.39 is 20.0 Å². The molecule has 1 aromatic heterocycles. The Hall–Kier alpha value is -1.79. The molecule has 1 aliphatic heterocycles. The van der Waals surface area contributed by atoms with E-state index in [1.807, 2.05) is 0 Å². The van der Waals surface area contributed by atoms with Gasteiger partial charge in [-0.3, -0.25) is 4.68 Å². The first-order valence-electron chi connectivity index (χ1n) is 9.29. The van der Waals surface area contributed by atoms with Gasteiger partial charge in [0, 0.05) is 44.5 Å². The van der Waals surface area contributed by atoms with Crippen LogP contribution in [0.4, 0.5) is 0 Å². The maximum atomic E-state index is 13.2. The standard InChI is InChI=1S/C18H26N4O5S2/c1-15(2)22(14-16-12-19-20(3)13-16)29(25,26)18-6-4-17(5-7-18)28(23,24)21-8-10-27-11-9-21/h4-7,12-13,15H,8-11,14H2,1-3H3. The first-order chi connectivity index (χ1) is 13.6. The van der Waals surface area contributed by atoms with Crippen molar-refractivity contribution in [3.63, 3.8) is 0 Å². The fourth-order valence-electron chi connectivity index (χ4n) is 3.13. The SMILES string of the molecule is CC(C)N(Cc1cnn(C)c1)S(=O)(=O)c1ccc(S(=O)(=O)N2CCOCC2)cc1. The number of hydrogen-bond donors (Lipinski definition) is 0. The molecule has 0 radical (unpaired) electrons. The molecule has 0 amide bonds. The monoisotopic (exact) mass is 442 g/mol. The van der Waals surface area contributed by atoms with Crippen LogP contribution in [0.5, 0.6) is 0 Å². The Kier molecular flexibility index (Phi) is 6.44. The summed E-state index contributed by atoms with van der Waals surface area (Å²) in [5.74, 6) is 0. The van der Waals surface area contributed by atoms with Gasteiger partial charge in [0.15, 0.2) is 0 Å². The number of aromatic nitrogens is 2. The molecule has 0 atom stereocenters. The van der Waals surface area contributed by atoms with Gasteiger partial charge in [-0.25, -0.2) is 16.8 Å². The van der Waals surface area contributed by atoms with Crippen LogP contribution in [-0.2, 0) is 38.4 Å². The fraction of sp³-hybridized carbons (Fsp3) is 0.500. The molecule has 0 unspecified atom stereocenters. The van der Waals surface area contributed by atoms with Gasteiger partial charge >= 0.3 is 0 Å². The minimum Gasteiger partial charge on any atom is -0.379 e. The van der Waals surface area contributed by atoms with Crippen LogP contribution in [0, 0.1) is 0 Å². The van der Waals surface area contributed by atoms with E-state index in [2.05, 4.69) is 5.10 Å². The van der Waals surface area contributed by atoms with E-state index in [1.165, 1.54) is 32.9 Å². The molecule has 1 fully saturated rings. The summed E-state index contributed by atoms with van der Waals surface area (Å²) < 4.78 is 61.3. The van der Waals surface area contributed by atoms with E-state index in [1.54, 1.807) is 38.0 Å². The minimum atomic E-state index is -3.81. The Labute approximate surface area is 172 Å². The molecule has 29 heavy (non-hydrogen) atoms. The average Bonchev–Trinajstić information content (AvgIpc) is 3.11. The molecule has 11 heteroatoms. The lowest BCUT2D eigenvalue weighted by Gasteiger charge is -2.27. The molecule has 0 saturated carbocycles. The van der Waals surface area contributed by atoms with Crippen LogP contribution in [0.1, 0.15) is 19.4 Å². The summed E-state index contributed by atoms with van der Waals surface area (Å²) in [6.45, 7) is 5.05. The predicted molar refractivity (Wildman–Crippen MR) is 107 cm³/mol. The van der Waals surface area contributed by atoms with Gasteiger partial charge in [0.2, 0.25) is 20.0 Å². The zero-order chi connectivity index (χ0) is 21.2. The van der Waals surface area contributed by atoms with Crippen molar-refractivity contribution in [3.05, 3.63) is 42.2 Å². The number of morpholine rings is 1. The Balaban J connectivity index is 1.86. The molecule has 9 nitrogen and oxygen atoms in total. The second kappa shape index (κ2) is 8.52. The summed E-state index contributed by atoms with van der Waals surface area (Å²) in [6, 6.07) is 5.11. The number of rotatable bonds is 7. The van der Waals surface area contributed by atoms with Crippen molar-refractivity contribution in [3.8, 4) is 0 Å². The van der Waals surface area contributed by atoms with Gasteiger partial charge < -0.3 is 4.74 Å². The van der Waals surface area contributed by atoms with E-state index in [0.29, 0.717) is 13.2 Å². The highest BCUT2D eigenvalue weighted by atomic mass is 32.2. The molecule has 2 aromatic rings. The maximum absolute atomic E-state index is 13.2. The lowest BCUT2D eigenvalue weighted by atomic mass is 10.3. The summed E-state index contributed by atoms with van der Waals surface area (Å²) in [7, 11) is -5.71. The van der Waals surface area contributed by atoms with Gasteiger partial charge in [-0.1, -0.05) is 0 Å². The molecule has 1 aromatic carbocycles. The van der Waals surface area contributed by atoms with Crippen molar-refractivity contribution in [2.24, 2.45) is 7.05 Å². The zero-order valence-electron chi connectivity index (χ0n) is 16.7. The van der Waals surface area contributed by atoms with E-state index in [9.17, 15) is 16.8 Å². The van der Waals surface area contributed by atoms with E-state index in [-0.39, 0.29) is 35.5 Å². The lowest BCUT2D eigenvalue weighted by Crippen LogP contribution is -2.40.